The van der Waals surface area contributed by atoms with Gasteiger partial charge in [-0.1, -0.05) is 41.9 Å². The first-order valence-electron chi connectivity index (χ1n) is 8.85. The summed E-state index contributed by atoms with van der Waals surface area (Å²) >= 11 is 6.32. The summed E-state index contributed by atoms with van der Waals surface area (Å²) in [6.45, 7) is 5.53. The number of anilines is 1. The quantitative estimate of drug-likeness (QED) is 0.771. The van der Waals surface area contributed by atoms with E-state index in [0.29, 0.717) is 35.3 Å². The van der Waals surface area contributed by atoms with Gasteiger partial charge in [-0.05, 0) is 11.6 Å². The van der Waals surface area contributed by atoms with E-state index in [9.17, 15) is 4.79 Å². The van der Waals surface area contributed by atoms with Crippen LogP contribution in [0.25, 0.3) is 0 Å². The van der Waals surface area contributed by atoms with Gasteiger partial charge < -0.3 is 14.4 Å². The topological polar surface area (TPSA) is 42.0 Å². The van der Waals surface area contributed by atoms with Crippen molar-refractivity contribution in [1.29, 1.82) is 0 Å². The number of aldehydes is 1. The number of halogens is 1. The second-order valence-electron chi connectivity index (χ2n) is 6.51. The Morgan fingerprint density at radius 1 is 1.00 bits per heavy atom. The van der Waals surface area contributed by atoms with Crippen molar-refractivity contribution in [3.8, 4) is 11.5 Å². The number of hydrogen-bond acceptors (Lipinski definition) is 5. The molecule has 2 aromatic rings. The maximum Gasteiger partial charge on any atom is 0.185 e. The van der Waals surface area contributed by atoms with Gasteiger partial charge in [0.25, 0.3) is 0 Å². The first kappa shape index (κ1) is 17.2. The van der Waals surface area contributed by atoms with Crippen molar-refractivity contribution >= 4 is 23.6 Å². The van der Waals surface area contributed by atoms with Crippen LogP contribution in [0.15, 0.2) is 36.4 Å². The van der Waals surface area contributed by atoms with Crippen LogP contribution in [-0.2, 0) is 6.54 Å². The Labute approximate surface area is 158 Å². The molecular formula is C20H21ClN2O3. The van der Waals surface area contributed by atoms with Crippen molar-refractivity contribution in [2.24, 2.45) is 0 Å². The number of ether oxygens (including phenoxy) is 2. The molecule has 2 aromatic carbocycles. The normalized spacial score (nSPS) is 17.2. The highest BCUT2D eigenvalue weighted by Crippen LogP contribution is 2.45. The molecule has 0 spiro atoms. The van der Waals surface area contributed by atoms with Crippen molar-refractivity contribution in [3.05, 3.63) is 52.5 Å². The van der Waals surface area contributed by atoms with E-state index >= 15 is 0 Å². The summed E-state index contributed by atoms with van der Waals surface area (Å²) in [5.41, 5.74) is 2.61. The van der Waals surface area contributed by atoms with Crippen molar-refractivity contribution in [2.75, 3.05) is 44.3 Å². The van der Waals surface area contributed by atoms with Crippen molar-refractivity contribution in [1.82, 2.24) is 4.90 Å². The Morgan fingerprint density at radius 2 is 1.69 bits per heavy atom. The Hall–Kier alpha value is -2.24. The monoisotopic (exact) mass is 372 g/mol. The Bertz CT molecular complexity index is 789. The number of rotatable bonds is 4. The van der Waals surface area contributed by atoms with Gasteiger partial charge in [-0.15, -0.1) is 0 Å². The molecule has 2 aliphatic heterocycles. The molecule has 1 fully saturated rings. The fraction of sp³-hybridized carbons (Fsp3) is 0.350. The third-order valence-corrected chi connectivity index (χ3v) is 5.17. The molecule has 2 aliphatic rings. The van der Waals surface area contributed by atoms with Crippen LogP contribution < -0.4 is 14.4 Å². The van der Waals surface area contributed by atoms with Crippen LogP contribution in [0.1, 0.15) is 15.9 Å². The molecule has 0 aliphatic carbocycles. The molecule has 0 amide bonds. The Balaban J connectivity index is 1.51. The molecule has 6 heteroatoms. The predicted molar refractivity (Wildman–Crippen MR) is 102 cm³/mol. The zero-order valence-electron chi connectivity index (χ0n) is 14.5. The minimum atomic E-state index is 0.368. The molecule has 0 N–H and O–H groups in total. The molecular weight excluding hydrogens is 352 g/mol. The minimum absolute atomic E-state index is 0.368. The van der Waals surface area contributed by atoms with Crippen LogP contribution in [0.3, 0.4) is 0 Å². The van der Waals surface area contributed by atoms with E-state index in [0.717, 1.165) is 44.7 Å². The zero-order valence-corrected chi connectivity index (χ0v) is 15.2. The van der Waals surface area contributed by atoms with Crippen molar-refractivity contribution in [2.45, 2.75) is 6.54 Å². The molecule has 0 saturated carbocycles. The number of nitrogens with zero attached hydrogens (tertiary/aromatic N) is 2. The van der Waals surface area contributed by atoms with Crippen molar-refractivity contribution < 1.29 is 14.3 Å². The number of hydrogen-bond donors (Lipinski definition) is 0. The van der Waals surface area contributed by atoms with E-state index in [4.69, 9.17) is 21.1 Å². The van der Waals surface area contributed by atoms with Gasteiger partial charge in [-0.3, -0.25) is 9.69 Å². The van der Waals surface area contributed by atoms with Gasteiger partial charge in [-0.2, -0.15) is 0 Å². The second kappa shape index (κ2) is 7.56. The predicted octanol–water partition coefficient (Wildman–Crippen LogP) is 3.25. The molecule has 5 nitrogen and oxygen atoms in total. The fourth-order valence-electron chi connectivity index (χ4n) is 3.51. The SMILES string of the molecule is O=Cc1c(Cl)cc(N2CCN(Cc3ccccc3)CC2)c2c1OCCO2. The number of carbonyl (C=O) groups excluding carboxylic acids is 1. The van der Waals surface area contributed by atoms with E-state index in [1.165, 1.54) is 5.56 Å². The molecule has 0 radical (unpaired) electrons. The van der Waals surface area contributed by atoms with Gasteiger partial charge >= 0.3 is 0 Å². The lowest BCUT2D eigenvalue weighted by Gasteiger charge is -2.37. The maximum absolute atomic E-state index is 11.4. The van der Waals surface area contributed by atoms with E-state index in [1.54, 1.807) is 0 Å². The summed E-state index contributed by atoms with van der Waals surface area (Å²) in [6, 6.07) is 12.3. The summed E-state index contributed by atoms with van der Waals surface area (Å²) in [6.07, 6.45) is 0.734. The first-order valence-corrected chi connectivity index (χ1v) is 9.22. The van der Waals surface area contributed by atoms with Gasteiger partial charge in [0.15, 0.2) is 17.8 Å². The molecule has 1 saturated heterocycles. The number of fused-ring (bicyclic) bond motifs is 1. The molecule has 26 heavy (non-hydrogen) atoms. The fourth-order valence-corrected chi connectivity index (χ4v) is 3.75. The minimum Gasteiger partial charge on any atom is -0.485 e. The van der Waals surface area contributed by atoms with Gasteiger partial charge in [0.05, 0.1) is 16.3 Å². The van der Waals surface area contributed by atoms with Crippen LogP contribution in [0.5, 0.6) is 11.5 Å². The van der Waals surface area contributed by atoms with Crippen LogP contribution in [0.4, 0.5) is 5.69 Å². The lowest BCUT2D eigenvalue weighted by molar-refractivity contribution is 0.111. The summed E-state index contributed by atoms with van der Waals surface area (Å²) in [5.74, 6) is 1.11. The number of carbonyl (C=O) groups is 1. The molecule has 4 rings (SSSR count). The highest BCUT2D eigenvalue weighted by Gasteiger charge is 2.27. The highest BCUT2D eigenvalue weighted by molar-refractivity contribution is 6.33. The van der Waals surface area contributed by atoms with Gasteiger partial charge in [0.2, 0.25) is 0 Å². The molecule has 2 heterocycles. The molecule has 0 aromatic heterocycles. The summed E-state index contributed by atoms with van der Waals surface area (Å²) in [5, 5.41) is 0.408. The Morgan fingerprint density at radius 3 is 2.38 bits per heavy atom. The van der Waals surface area contributed by atoms with Gasteiger partial charge in [0, 0.05) is 32.7 Å². The summed E-state index contributed by atoms with van der Waals surface area (Å²) in [7, 11) is 0. The zero-order chi connectivity index (χ0) is 17.9. The van der Waals surface area contributed by atoms with Gasteiger partial charge in [-0.25, -0.2) is 0 Å². The average molecular weight is 373 g/mol. The average Bonchev–Trinajstić information content (AvgIpc) is 2.69. The molecule has 136 valence electrons. The molecule has 0 atom stereocenters. The summed E-state index contributed by atoms with van der Waals surface area (Å²) in [4.78, 5) is 16.1. The van der Waals surface area contributed by atoms with Crippen LogP contribution in [0.2, 0.25) is 5.02 Å². The van der Waals surface area contributed by atoms with E-state index < -0.39 is 0 Å². The smallest absolute Gasteiger partial charge is 0.185 e. The summed E-state index contributed by atoms with van der Waals surface area (Å²) < 4.78 is 11.5. The molecule has 0 bridgehead atoms. The van der Waals surface area contributed by atoms with E-state index in [1.807, 2.05) is 12.1 Å². The van der Waals surface area contributed by atoms with Crippen LogP contribution >= 0.6 is 11.6 Å². The first-order chi connectivity index (χ1) is 12.8. The van der Waals surface area contributed by atoms with Crippen LogP contribution in [0, 0.1) is 0 Å². The van der Waals surface area contributed by atoms with Gasteiger partial charge in [0.1, 0.15) is 13.2 Å². The van der Waals surface area contributed by atoms with E-state index in [-0.39, 0.29) is 0 Å². The third-order valence-electron chi connectivity index (χ3n) is 4.86. The van der Waals surface area contributed by atoms with Crippen LogP contribution in [-0.4, -0.2) is 50.6 Å². The number of piperazine rings is 1. The third kappa shape index (κ3) is 3.37. The maximum atomic E-state index is 11.4. The second-order valence-corrected chi connectivity index (χ2v) is 6.92. The Kier molecular flexibility index (Phi) is 5.00. The van der Waals surface area contributed by atoms with Crippen molar-refractivity contribution in [3.63, 3.8) is 0 Å². The lowest BCUT2D eigenvalue weighted by atomic mass is 10.1. The number of benzene rings is 2. The standard InChI is InChI=1S/C20H21ClN2O3/c21-17-12-18(20-19(16(17)14-24)25-10-11-26-20)23-8-6-22(7-9-23)13-15-4-2-1-3-5-15/h1-5,12,14H,6-11,13H2. The molecule has 0 unspecified atom stereocenters. The highest BCUT2D eigenvalue weighted by atomic mass is 35.5. The van der Waals surface area contributed by atoms with E-state index in [2.05, 4.69) is 34.1 Å². The lowest BCUT2D eigenvalue weighted by Crippen LogP contribution is -2.46. The largest absolute Gasteiger partial charge is 0.485 e.